The van der Waals surface area contributed by atoms with E-state index >= 15 is 0 Å². The van der Waals surface area contributed by atoms with Crippen molar-refractivity contribution < 1.29 is 9.53 Å². The first-order valence-corrected chi connectivity index (χ1v) is 6.83. The van der Waals surface area contributed by atoms with Crippen molar-refractivity contribution in [3.8, 4) is 0 Å². The van der Waals surface area contributed by atoms with Crippen molar-refractivity contribution in [1.82, 2.24) is 0 Å². The second kappa shape index (κ2) is 8.00. The molecule has 0 aliphatic heterocycles. The normalized spacial score (nSPS) is 10.0. The van der Waals surface area contributed by atoms with Crippen LogP contribution in [0.2, 0.25) is 0 Å². The number of benzene rings is 2. The summed E-state index contributed by atoms with van der Waals surface area (Å²) >= 11 is 0. The molecule has 2 rings (SSSR count). The van der Waals surface area contributed by atoms with Gasteiger partial charge in [0.25, 0.3) is 0 Å². The molecule has 0 radical (unpaired) electrons. The topological polar surface area (TPSA) is 38.3 Å². The average Bonchev–Trinajstić information content (AvgIpc) is 2.52. The second-order valence-electron chi connectivity index (χ2n) is 4.54. The lowest BCUT2D eigenvalue weighted by Crippen LogP contribution is -2.08. The third-order valence-electron chi connectivity index (χ3n) is 2.90. The molecule has 20 heavy (non-hydrogen) atoms. The van der Waals surface area contributed by atoms with Crippen molar-refractivity contribution in [2.24, 2.45) is 0 Å². The molecule has 0 unspecified atom stereocenters. The van der Waals surface area contributed by atoms with Gasteiger partial charge in [0.1, 0.15) is 6.61 Å². The number of anilines is 1. The number of ether oxygens (including phenoxy) is 1. The van der Waals surface area contributed by atoms with E-state index in [2.05, 4.69) is 5.32 Å². The molecule has 0 bridgehead atoms. The highest BCUT2D eigenvalue weighted by atomic mass is 16.5. The quantitative estimate of drug-likeness (QED) is 0.616. The van der Waals surface area contributed by atoms with Crippen LogP contribution in [0.3, 0.4) is 0 Å². The van der Waals surface area contributed by atoms with Crippen molar-refractivity contribution in [2.45, 2.75) is 19.4 Å². The Bertz CT molecular complexity index is 511. The van der Waals surface area contributed by atoms with Gasteiger partial charge in [-0.15, -0.1) is 0 Å². The molecule has 0 aliphatic rings. The number of carbonyl (C=O) groups is 1. The maximum Gasteiger partial charge on any atom is 0.306 e. The van der Waals surface area contributed by atoms with E-state index in [-0.39, 0.29) is 5.97 Å². The van der Waals surface area contributed by atoms with Crippen molar-refractivity contribution in [3.05, 3.63) is 66.2 Å². The van der Waals surface area contributed by atoms with E-state index in [0.29, 0.717) is 13.0 Å². The number of rotatable bonds is 7. The Morgan fingerprint density at radius 3 is 2.30 bits per heavy atom. The smallest absolute Gasteiger partial charge is 0.306 e. The highest BCUT2D eigenvalue weighted by Gasteiger charge is 2.02. The summed E-state index contributed by atoms with van der Waals surface area (Å²) in [5.74, 6) is -0.149. The summed E-state index contributed by atoms with van der Waals surface area (Å²) in [4.78, 5) is 11.6. The van der Waals surface area contributed by atoms with E-state index in [4.69, 9.17) is 4.74 Å². The summed E-state index contributed by atoms with van der Waals surface area (Å²) in [7, 11) is 0. The Morgan fingerprint density at radius 2 is 1.60 bits per heavy atom. The van der Waals surface area contributed by atoms with Gasteiger partial charge >= 0.3 is 5.97 Å². The maximum atomic E-state index is 11.6. The van der Waals surface area contributed by atoms with Gasteiger partial charge in [-0.2, -0.15) is 0 Å². The van der Waals surface area contributed by atoms with Crippen molar-refractivity contribution in [3.63, 3.8) is 0 Å². The van der Waals surface area contributed by atoms with Crippen LogP contribution in [0.4, 0.5) is 5.69 Å². The van der Waals surface area contributed by atoms with Crippen LogP contribution in [0, 0.1) is 0 Å². The second-order valence-corrected chi connectivity index (χ2v) is 4.54. The highest BCUT2D eigenvalue weighted by Crippen LogP contribution is 2.06. The standard InChI is InChI=1S/C17H19NO2/c19-17(20-14-15-8-3-1-4-9-15)12-7-13-18-16-10-5-2-6-11-16/h1-6,8-11,18H,7,12-14H2. The fraction of sp³-hybridized carbons (Fsp3) is 0.235. The van der Waals surface area contributed by atoms with Gasteiger partial charge in [0.2, 0.25) is 0 Å². The summed E-state index contributed by atoms with van der Waals surface area (Å²) in [6.45, 7) is 1.12. The highest BCUT2D eigenvalue weighted by molar-refractivity contribution is 5.69. The van der Waals surface area contributed by atoms with Crippen LogP contribution in [-0.4, -0.2) is 12.5 Å². The average molecular weight is 269 g/mol. The van der Waals surface area contributed by atoms with E-state index in [1.807, 2.05) is 60.7 Å². The number of para-hydroxylation sites is 1. The lowest BCUT2D eigenvalue weighted by atomic mass is 10.2. The minimum absolute atomic E-state index is 0.149. The third-order valence-corrected chi connectivity index (χ3v) is 2.90. The molecule has 0 amide bonds. The van der Waals surface area contributed by atoms with Crippen LogP contribution in [0.5, 0.6) is 0 Å². The van der Waals surface area contributed by atoms with Crippen LogP contribution < -0.4 is 5.32 Å². The molecular weight excluding hydrogens is 250 g/mol. The lowest BCUT2D eigenvalue weighted by molar-refractivity contribution is -0.145. The van der Waals surface area contributed by atoms with E-state index in [1.54, 1.807) is 0 Å². The molecule has 104 valence electrons. The fourth-order valence-electron chi connectivity index (χ4n) is 1.83. The molecule has 0 aliphatic carbocycles. The van der Waals surface area contributed by atoms with Crippen molar-refractivity contribution in [1.29, 1.82) is 0 Å². The van der Waals surface area contributed by atoms with Gasteiger partial charge in [0, 0.05) is 18.7 Å². The van der Waals surface area contributed by atoms with E-state index < -0.39 is 0 Å². The zero-order chi connectivity index (χ0) is 14.0. The molecular formula is C17H19NO2. The van der Waals surface area contributed by atoms with Crippen LogP contribution in [0.25, 0.3) is 0 Å². The zero-order valence-corrected chi connectivity index (χ0v) is 11.4. The number of carbonyl (C=O) groups excluding carboxylic acids is 1. The molecule has 0 saturated heterocycles. The molecule has 0 heterocycles. The van der Waals surface area contributed by atoms with Crippen molar-refractivity contribution in [2.75, 3.05) is 11.9 Å². The van der Waals surface area contributed by atoms with Crippen LogP contribution in [0.15, 0.2) is 60.7 Å². The van der Waals surface area contributed by atoms with Gasteiger partial charge in [0.05, 0.1) is 0 Å². The number of nitrogens with one attached hydrogen (secondary N) is 1. The van der Waals surface area contributed by atoms with E-state index in [1.165, 1.54) is 0 Å². The van der Waals surface area contributed by atoms with Gasteiger partial charge in [-0.1, -0.05) is 48.5 Å². The molecule has 2 aromatic rings. The van der Waals surface area contributed by atoms with Gasteiger partial charge in [-0.25, -0.2) is 0 Å². The monoisotopic (exact) mass is 269 g/mol. The molecule has 2 aromatic carbocycles. The summed E-state index contributed by atoms with van der Waals surface area (Å²) in [5.41, 5.74) is 2.09. The predicted molar refractivity (Wildman–Crippen MR) is 80.4 cm³/mol. The summed E-state index contributed by atoms with van der Waals surface area (Å²) in [5, 5.41) is 3.27. The Kier molecular flexibility index (Phi) is 5.65. The van der Waals surface area contributed by atoms with Gasteiger partial charge in [-0.05, 0) is 24.1 Å². The summed E-state index contributed by atoms with van der Waals surface area (Å²) < 4.78 is 5.21. The molecule has 3 heteroatoms. The maximum absolute atomic E-state index is 11.6. The predicted octanol–water partition coefficient (Wildman–Crippen LogP) is 3.62. The minimum Gasteiger partial charge on any atom is -0.461 e. The Balaban J connectivity index is 1.59. The molecule has 0 aromatic heterocycles. The Labute approximate surface area is 119 Å². The largest absolute Gasteiger partial charge is 0.461 e. The van der Waals surface area contributed by atoms with Gasteiger partial charge in [-0.3, -0.25) is 4.79 Å². The first kappa shape index (κ1) is 14.1. The molecule has 0 atom stereocenters. The zero-order valence-electron chi connectivity index (χ0n) is 11.4. The minimum atomic E-state index is -0.149. The van der Waals surface area contributed by atoms with Crippen molar-refractivity contribution >= 4 is 11.7 Å². The molecule has 0 fully saturated rings. The molecule has 0 saturated carbocycles. The first-order chi connectivity index (χ1) is 9.84. The number of hydrogen-bond acceptors (Lipinski definition) is 3. The van der Waals surface area contributed by atoms with Crippen LogP contribution in [0.1, 0.15) is 18.4 Å². The Morgan fingerprint density at radius 1 is 0.950 bits per heavy atom. The lowest BCUT2D eigenvalue weighted by Gasteiger charge is -2.07. The van der Waals surface area contributed by atoms with Crippen LogP contribution in [-0.2, 0) is 16.1 Å². The number of hydrogen-bond donors (Lipinski definition) is 1. The fourth-order valence-corrected chi connectivity index (χ4v) is 1.83. The van der Waals surface area contributed by atoms with E-state index in [9.17, 15) is 4.79 Å². The molecule has 0 spiro atoms. The summed E-state index contributed by atoms with van der Waals surface area (Å²) in [6, 6.07) is 19.7. The van der Waals surface area contributed by atoms with Gasteiger partial charge in [0.15, 0.2) is 0 Å². The SMILES string of the molecule is O=C(CCCNc1ccccc1)OCc1ccccc1. The van der Waals surface area contributed by atoms with E-state index in [0.717, 1.165) is 24.2 Å². The Hall–Kier alpha value is -2.29. The number of esters is 1. The summed E-state index contributed by atoms with van der Waals surface area (Å²) in [6.07, 6.45) is 1.20. The first-order valence-electron chi connectivity index (χ1n) is 6.83. The molecule has 1 N–H and O–H groups in total. The molecule has 3 nitrogen and oxygen atoms in total. The van der Waals surface area contributed by atoms with Gasteiger partial charge < -0.3 is 10.1 Å². The third kappa shape index (κ3) is 5.14. The van der Waals surface area contributed by atoms with Crippen LogP contribution >= 0.6 is 0 Å².